The lowest BCUT2D eigenvalue weighted by molar-refractivity contribution is -0.123. The third-order valence-electron chi connectivity index (χ3n) is 6.12. The van der Waals surface area contributed by atoms with Gasteiger partial charge in [0, 0.05) is 40.5 Å². The predicted molar refractivity (Wildman–Crippen MR) is 144 cm³/mol. The van der Waals surface area contributed by atoms with Gasteiger partial charge in [0.25, 0.3) is 0 Å². The highest BCUT2D eigenvalue weighted by Gasteiger charge is 2.21. The lowest BCUT2D eigenvalue weighted by atomic mass is 9.95. The number of carbonyl (C=O) groups is 1. The zero-order chi connectivity index (χ0) is 25.6. The molecule has 0 saturated heterocycles. The first-order chi connectivity index (χ1) is 17.9. The van der Waals surface area contributed by atoms with E-state index < -0.39 is 5.41 Å². The van der Waals surface area contributed by atoms with Crippen molar-refractivity contribution in [2.24, 2.45) is 5.41 Å². The van der Waals surface area contributed by atoms with Crippen molar-refractivity contribution in [3.63, 3.8) is 0 Å². The van der Waals surface area contributed by atoms with Crippen molar-refractivity contribution in [2.45, 2.75) is 20.8 Å². The summed E-state index contributed by atoms with van der Waals surface area (Å²) >= 11 is 0. The van der Waals surface area contributed by atoms with E-state index in [4.69, 9.17) is 4.98 Å². The van der Waals surface area contributed by atoms with Gasteiger partial charge in [0.2, 0.25) is 5.91 Å². The Hall–Kier alpha value is -4.92. The van der Waals surface area contributed by atoms with Gasteiger partial charge >= 0.3 is 0 Å². The maximum atomic E-state index is 12.4. The van der Waals surface area contributed by atoms with Crippen LogP contribution >= 0.6 is 0 Å². The fourth-order valence-electron chi connectivity index (χ4n) is 4.12. The van der Waals surface area contributed by atoms with Gasteiger partial charge in [-0.2, -0.15) is 5.10 Å². The quantitative estimate of drug-likeness (QED) is 0.296. The number of nitrogens with one attached hydrogen (secondary N) is 3. The van der Waals surface area contributed by atoms with Gasteiger partial charge < -0.3 is 10.3 Å². The number of H-pyrrole nitrogens is 2. The summed E-state index contributed by atoms with van der Waals surface area (Å²) in [4.78, 5) is 34.0. The topological polar surface area (TPSA) is 125 Å². The first-order valence-corrected chi connectivity index (χ1v) is 11.9. The molecule has 6 heterocycles. The Kier molecular flexibility index (Phi) is 5.26. The minimum Gasteiger partial charge on any atom is -0.352 e. The Morgan fingerprint density at radius 1 is 0.919 bits per heavy atom. The van der Waals surface area contributed by atoms with Crippen molar-refractivity contribution >= 4 is 33.5 Å². The smallest absolute Gasteiger partial charge is 0.229 e. The molecule has 0 aliphatic heterocycles. The maximum absolute atomic E-state index is 12.4. The number of nitrogens with zero attached hydrogens (tertiary/aromatic N) is 5. The molecule has 0 unspecified atom stereocenters. The average molecular weight is 489 g/mol. The number of pyridine rings is 4. The molecule has 6 aromatic rings. The molecule has 37 heavy (non-hydrogen) atoms. The van der Waals surface area contributed by atoms with Gasteiger partial charge in [0.1, 0.15) is 11.2 Å². The summed E-state index contributed by atoms with van der Waals surface area (Å²) in [6.07, 6.45) is 8.75. The lowest BCUT2D eigenvalue weighted by Gasteiger charge is -2.17. The lowest BCUT2D eigenvalue weighted by Crippen LogP contribution is -2.27. The second kappa shape index (κ2) is 8.63. The van der Waals surface area contributed by atoms with Crippen LogP contribution < -0.4 is 5.32 Å². The Morgan fingerprint density at radius 2 is 1.78 bits per heavy atom. The third-order valence-corrected chi connectivity index (χ3v) is 6.12. The maximum Gasteiger partial charge on any atom is 0.229 e. The van der Waals surface area contributed by atoms with Crippen LogP contribution in [0.1, 0.15) is 20.8 Å². The van der Waals surface area contributed by atoms with Crippen LogP contribution in [0.3, 0.4) is 0 Å². The number of amides is 1. The molecule has 6 aromatic heterocycles. The number of hydrogen-bond acceptors (Lipinski definition) is 6. The molecule has 0 aromatic carbocycles. The molecule has 3 N–H and O–H groups in total. The Labute approximate surface area is 212 Å². The van der Waals surface area contributed by atoms with E-state index in [1.807, 2.05) is 63.4 Å². The second-order valence-corrected chi connectivity index (χ2v) is 9.88. The molecule has 9 nitrogen and oxygen atoms in total. The number of aromatic nitrogens is 7. The molecule has 0 radical (unpaired) electrons. The van der Waals surface area contributed by atoms with E-state index in [0.29, 0.717) is 11.4 Å². The first-order valence-electron chi connectivity index (χ1n) is 11.9. The summed E-state index contributed by atoms with van der Waals surface area (Å²) in [6, 6.07) is 13.6. The molecular formula is C28H24N8O. The van der Waals surface area contributed by atoms with Gasteiger partial charge in [-0.3, -0.25) is 24.8 Å². The van der Waals surface area contributed by atoms with Crippen LogP contribution in [-0.2, 0) is 4.79 Å². The standard InChI is InChI=1S/C28H24N8O/c1-28(2,3)27(37)32-17-10-16(12-29-13-17)20-7-8-22-25(34-20)26(36-35-22)23-11-18-19(14-30-15-24(18)33-23)21-6-4-5-9-31-21/h4-15,33H,1-3H3,(H,32,37)(H,35,36). The largest absolute Gasteiger partial charge is 0.352 e. The van der Waals surface area contributed by atoms with Crippen LogP contribution in [0.2, 0.25) is 0 Å². The molecule has 0 aliphatic rings. The van der Waals surface area contributed by atoms with Crippen molar-refractivity contribution in [2.75, 3.05) is 5.32 Å². The van der Waals surface area contributed by atoms with Crippen molar-refractivity contribution < 1.29 is 4.79 Å². The number of carbonyl (C=O) groups excluding carboxylic acids is 1. The van der Waals surface area contributed by atoms with E-state index in [2.05, 4.69) is 41.5 Å². The van der Waals surface area contributed by atoms with Gasteiger partial charge in [-0.15, -0.1) is 0 Å². The Bertz CT molecular complexity index is 1760. The minimum absolute atomic E-state index is 0.0784. The second-order valence-electron chi connectivity index (χ2n) is 9.88. The van der Waals surface area contributed by atoms with E-state index in [1.165, 1.54) is 0 Å². The Balaban J connectivity index is 1.40. The van der Waals surface area contributed by atoms with Crippen molar-refractivity contribution in [3.05, 3.63) is 73.4 Å². The molecule has 0 saturated carbocycles. The molecule has 0 aliphatic carbocycles. The average Bonchev–Trinajstić information content (AvgIpc) is 3.52. The highest BCUT2D eigenvalue weighted by atomic mass is 16.2. The van der Waals surface area contributed by atoms with Gasteiger partial charge in [-0.05, 0) is 36.4 Å². The van der Waals surface area contributed by atoms with Crippen molar-refractivity contribution in [1.82, 2.24) is 35.1 Å². The van der Waals surface area contributed by atoms with E-state index in [0.717, 1.165) is 50.1 Å². The monoisotopic (exact) mass is 488 g/mol. The normalized spacial score (nSPS) is 11.8. The van der Waals surface area contributed by atoms with Gasteiger partial charge in [-0.1, -0.05) is 26.8 Å². The Morgan fingerprint density at radius 3 is 2.59 bits per heavy atom. The van der Waals surface area contributed by atoms with Crippen LogP contribution in [0.25, 0.3) is 55.8 Å². The molecule has 182 valence electrons. The first kappa shape index (κ1) is 22.5. The zero-order valence-electron chi connectivity index (χ0n) is 20.6. The van der Waals surface area contributed by atoms with Crippen LogP contribution in [0.15, 0.2) is 73.4 Å². The summed E-state index contributed by atoms with van der Waals surface area (Å²) in [7, 11) is 0. The fourth-order valence-corrected chi connectivity index (χ4v) is 4.12. The van der Waals surface area contributed by atoms with Crippen LogP contribution in [-0.4, -0.2) is 41.0 Å². The molecule has 0 fully saturated rings. The third kappa shape index (κ3) is 4.20. The fraction of sp³-hybridized carbons (Fsp3) is 0.143. The summed E-state index contributed by atoms with van der Waals surface area (Å²) < 4.78 is 0. The predicted octanol–water partition coefficient (Wildman–Crippen LogP) is 5.61. The molecule has 0 atom stereocenters. The van der Waals surface area contributed by atoms with Crippen LogP contribution in [0.5, 0.6) is 0 Å². The van der Waals surface area contributed by atoms with Gasteiger partial charge in [-0.25, -0.2) is 4.98 Å². The summed E-state index contributed by atoms with van der Waals surface area (Å²) in [5.41, 5.74) is 7.36. The van der Waals surface area contributed by atoms with Crippen LogP contribution in [0.4, 0.5) is 5.69 Å². The van der Waals surface area contributed by atoms with Gasteiger partial charge in [0.05, 0.1) is 46.2 Å². The molecule has 6 rings (SSSR count). The molecule has 1 amide bonds. The van der Waals surface area contributed by atoms with E-state index in [9.17, 15) is 4.79 Å². The molecule has 9 heteroatoms. The van der Waals surface area contributed by atoms with E-state index >= 15 is 0 Å². The highest BCUT2D eigenvalue weighted by molar-refractivity contribution is 5.99. The van der Waals surface area contributed by atoms with Crippen LogP contribution in [0, 0.1) is 5.41 Å². The highest BCUT2D eigenvalue weighted by Crippen LogP contribution is 2.33. The summed E-state index contributed by atoms with van der Waals surface area (Å²) in [6.45, 7) is 5.61. The SMILES string of the molecule is CC(C)(C)C(=O)Nc1cncc(-c2ccc3[nH]nc(-c4cc5c(-c6ccccn6)cncc5[nH]4)c3n2)c1. The number of rotatable bonds is 4. The van der Waals surface area contributed by atoms with E-state index in [1.54, 1.807) is 24.8 Å². The van der Waals surface area contributed by atoms with Crippen molar-refractivity contribution in [1.29, 1.82) is 0 Å². The van der Waals surface area contributed by atoms with Gasteiger partial charge in [0.15, 0.2) is 0 Å². The number of aromatic amines is 2. The number of fused-ring (bicyclic) bond motifs is 2. The molecular weight excluding hydrogens is 464 g/mol. The summed E-state index contributed by atoms with van der Waals surface area (Å²) in [5.74, 6) is -0.0784. The number of anilines is 1. The molecule has 0 bridgehead atoms. The van der Waals surface area contributed by atoms with E-state index in [-0.39, 0.29) is 5.91 Å². The zero-order valence-corrected chi connectivity index (χ0v) is 20.6. The minimum atomic E-state index is -0.510. The van der Waals surface area contributed by atoms with Crippen molar-refractivity contribution in [3.8, 4) is 33.9 Å². The number of hydrogen-bond donors (Lipinski definition) is 3. The summed E-state index contributed by atoms with van der Waals surface area (Å²) in [5, 5.41) is 11.6. The molecule has 0 spiro atoms.